The van der Waals surface area contributed by atoms with Crippen molar-refractivity contribution in [3.63, 3.8) is 0 Å². The van der Waals surface area contributed by atoms with Crippen LogP contribution in [0.15, 0.2) is 12.1 Å². The first kappa shape index (κ1) is 13.2. The molecule has 2 bridgehead atoms. The molecule has 0 amide bonds. The summed E-state index contributed by atoms with van der Waals surface area (Å²) in [4.78, 5) is 2.50. The van der Waals surface area contributed by atoms with Gasteiger partial charge in [0.1, 0.15) is 6.10 Å². The van der Waals surface area contributed by atoms with Gasteiger partial charge in [0, 0.05) is 17.0 Å². The number of likely N-dealkylation sites (tertiary alicyclic amines) is 1. The number of rotatable bonds is 1. The highest BCUT2D eigenvalue weighted by Gasteiger charge is 2.65. The van der Waals surface area contributed by atoms with Gasteiger partial charge in [0.05, 0.1) is 13.2 Å². The Kier molecular flexibility index (Phi) is 2.51. The Labute approximate surface area is 131 Å². The molecule has 5 atom stereocenters. The van der Waals surface area contributed by atoms with Crippen molar-refractivity contribution in [2.24, 2.45) is 5.92 Å². The second-order valence-corrected chi connectivity index (χ2v) is 7.28. The van der Waals surface area contributed by atoms with Gasteiger partial charge in [-0.2, -0.15) is 0 Å². The van der Waals surface area contributed by atoms with Crippen LogP contribution in [0.5, 0.6) is 11.5 Å². The van der Waals surface area contributed by atoms with Crippen LogP contribution in [-0.2, 0) is 11.8 Å². The average Bonchev–Trinajstić information content (AvgIpc) is 2.88. The number of methoxy groups -OCH3 is 1. The minimum atomic E-state index is -0.483. The van der Waals surface area contributed by atoms with E-state index >= 15 is 0 Å². The molecule has 2 fully saturated rings. The first-order chi connectivity index (χ1) is 10.7. The summed E-state index contributed by atoms with van der Waals surface area (Å²) in [7, 11) is 3.93. The molecule has 1 spiro atoms. The van der Waals surface area contributed by atoms with Gasteiger partial charge in [-0.1, -0.05) is 6.07 Å². The molecule has 5 rings (SSSR count). The number of hydrogen-bond acceptors (Lipinski definition) is 4. The first-order valence-corrected chi connectivity index (χ1v) is 8.25. The molecule has 4 aliphatic rings. The number of aliphatic hydroxyl groups is 1. The minimum absolute atomic E-state index is 0.0250. The summed E-state index contributed by atoms with van der Waals surface area (Å²) in [6, 6.07) is 4.78. The lowest BCUT2D eigenvalue weighted by molar-refractivity contribution is -0.0782. The van der Waals surface area contributed by atoms with Crippen molar-refractivity contribution in [1.29, 1.82) is 0 Å². The van der Waals surface area contributed by atoms with Crippen molar-refractivity contribution in [2.75, 3.05) is 20.7 Å². The SMILES string of the molecule is COc1ccc2c3c1OC1C(O)[CH]CC4[C@@H](C2)N(C)CC[C@]314. The molecule has 22 heavy (non-hydrogen) atoms. The van der Waals surface area contributed by atoms with Crippen LogP contribution in [0, 0.1) is 12.3 Å². The zero-order valence-corrected chi connectivity index (χ0v) is 13.1. The van der Waals surface area contributed by atoms with Crippen LogP contribution in [0.2, 0.25) is 0 Å². The molecule has 1 radical (unpaired) electrons. The van der Waals surface area contributed by atoms with E-state index in [-0.39, 0.29) is 11.5 Å². The van der Waals surface area contributed by atoms with E-state index in [0.717, 1.165) is 37.3 Å². The monoisotopic (exact) mass is 300 g/mol. The fraction of sp³-hybridized carbons (Fsp3) is 0.611. The maximum Gasteiger partial charge on any atom is 0.165 e. The summed E-state index contributed by atoms with van der Waals surface area (Å²) in [5.41, 5.74) is 2.71. The Morgan fingerprint density at radius 2 is 2.27 bits per heavy atom. The van der Waals surface area contributed by atoms with E-state index in [4.69, 9.17) is 9.47 Å². The van der Waals surface area contributed by atoms with E-state index in [2.05, 4.69) is 24.4 Å². The van der Waals surface area contributed by atoms with Gasteiger partial charge in [0.2, 0.25) is 0 Å². The molecule has 1 aromatic carbocycles. The third-order valence-corrected chi connectivity index (χ3v) is 6.59. The first-order valence-electron chi connectivity index (χ1n) is 8.25. The van der Waals surface area contributed by atoms with Gasteiger partial charge in [-0.3, -0.25) is 0 Å². The van der Waals surface area contributed by atoms with Crippen molar-refractivity contribution in [2.45, 2.75) is 42.9 Å². The smallest absolute Gasteiger partial charge is 0.165 e. The molecule has 3 unspecified atom stereocenters. The summed E-state index contributed by atoms with van der Waals surface area (Å²) in [6.45, 7) is 1.07. The molecule has 1 aromatic rings. The maximum atomic E-state index is 10.6. The standard InChI is InChI=1S/C18H22NO3/c1-19-8-7-18-11-4-5-13(20)17(18)22-16-14(21-2)6-3-10(15(16)18)9-12(11)19/h3,5-6,11-13,17,20H,4,7-9H2,1-2H3/t11?,12-,13?,17?,18+/m1/s1. The quantitative estimate of drug-likeness (QED) is 0.854. The average molecular weight is 300 g/mol. The molecule has 2 heterocycles. The number of ether oxygens (including phenoxy) is 2. The molecule has 0 aromatic heterocycles. The lowest BCUT2D eigenvalue weighted by atomic mass is 9.51. The highest BCUT2D eigenvalue weighted by Crippen LogP contribution is 2.63. The van der Waals surface area contributed by atoms with Crippen LogP contribution < -0.4 is 9.47 Å². The highest BCUT2D eigenvalue weighted by atomic mass is 16.5. The van der Waals surface area contributed by atoms with Crippen LogP contribution in [0.1, 0.15) is 24.0 Å². The zero-order chi connectivity index (χ0) is 15.1. The van der Waals surface area contributed by atoms with Gasteiger partial charge in [-0.25, -0.2) is 0 Å². The summed E-state index contributed by atoms with van der Waals surface area (Å²) >= 11 is 0. The fourth-order valence-corrected chi connectivity index (χ4v) is 5.64. The van der Waals surface area contributed by atoms with Gasteiger partial charge in [-0.15, -0.1) is 0 Å². The number of aliphatic hydroxyl groups excluding tert-OH is 1. The molecular weight excluding hydrogens is 278 g/mol. The Morgan fingerprint density at radius 1 is 1.41 bits per heavy atom. The second kappa shape index (κ2) is 4.18. The summed E-state index contributed by atoms with van der Waals surface area (Å²) in [5, 5.41) is 10.6. The molecule has 1 saturated heterocycles. The molecule has 2 aliphatic carbocycles. The molecular formula is C18H22NO3. The van der Waals surface area contributed by atoms with Crippen molar-refractivity contribution in [3.05, 3.63) is 29.7 Å². The predicted molar refractivity (Wildman–Crippen MR) is 82.2 cm³/mol. The summed E-state index contributed by atoms with van der Waals surface area (Å²) in [6.07, 6.45) is 4.55. The molecule has 117 valence electrons. The van der Waals surface area contributed by atoms with Gasteiger partial charge >= 0.3 is 0 Å². The van der Waals surface area contributed by atoms with Gasteiger partial charge in [0.25, 0.3) is 0 Å². The molecule has 4 nitrogen and oxygen atoms in total. The molecule has 1 saturated carbocycles. The van der Waals surface area contributed by atoms with E-state index in [1.165, 1.54) is 11.1 Å². The topological polar surface area (TPSA) is 41.9 Å². The molecule has 2 aliphatic heterocycles. The summed E-state index contributed by atoms with van der Waals surface area (Å²) < 4.78 is 11.9. The molecule has 4 heteroatoms. The van der Waals surface area contributed by atoms with E-state index < -0.39 is 6.10 Å². The minimum Gasteiger partial charge on any atom is -0.493 e. The highest BCUT2D eigenvalue weighted by molar-refractivity contribution is 5.61. The largest absolute Gasteiger partial charge is 0.493 e. The number of likely N-dealkylation sites (N-methyl/N-ethyl adjacent to an activating group) is 1. The summed E-state index contributed by atoms with van der Waals surface area (Å²) in [5.74, 6) is 2.25. The van der Waals surface area contributed by atoms with Crippen LogP contribution in [-0.4, -0.2) is 49.0 Å². The van der Waals surface area contributed by atoms with Crippen molar-refractivity contribution < 1.29 is 14.6 Å². The Balaban J connectivity index is 1.80. The van der Waals surface area contributed by atoms with E-state index in [1.807, 2.05) is 6.07 Å². The molecule has 1 N–H and O–H groups in total. The number of nitrogens with zero attached hydrogens (tertiary/aromatic N) is 1. The Morgan fingerprint density at radius 3 is 3.09 bits per heavy atom. The number of hydrogen-bond donors (Lipinski definition) is 1. The third kappa shape index (κ3) is 1.32. The lowest BCUT2D eigenvalue weighted by Crippen LogP contribution is -2.66. The Hall–Kier alpha value is -1.26. The van der Waals surface area contributed by atoms with Gasteiger partial charge in [0.15, 0.2) is 11.5 Å². The van der Waals surface area contributed by atoms with Crippen LogP contribution in [0.25, 0.3) is 0 Å². The van der Waals surface area contributed by atoms with E-state index in [1.54, 1.807) is 7.11 Å². The van der Waals surface area contributed by atoms with E-state index in [0.29, 0.717) is 12.0 Å². The van der Waals surface area contributed by atoms with Crippen molar-refractivity contribution in [3.8, 4) is 11.5 Å². The number of piperidine rings is 1. The second-order valence-electron chi connectivity index (χ2n) is 7.28. The maximum absolute atomic E-state index is 10.6. The van der Waals surface area contributed by atoms with Crippen LogP contribution in [0.4, 0.5) is 0 Å². The van der Waals surface area contributed by atoms with Gasteiger partial charge < -0.3 is 19.5 Å². The third-order valence-electron chi connectivity index (χ3n) is 6.59. The van der Waals surface area contributed by atoms with Crippen LogP contribution in [0.3, 0.4) is 0 Å². The number of benzene rings is 1. The normalized spacial score (nSPS) is 41.8. The fourth-order valence-electron chi connectivity index (χ4n) is 5.64. The lowest BCUT2D eigenvalue weighted by Gasteiger charge is -2.58. The van der Waals surface area contributed by atoms with E-state index in [9.17, 15) is 5.11 Å². The van der Waals surface area contributed by atoms with Gasteiger partial charge in [-0.05, 0) is 56.8 Å². The van der Waals surface area contributed by atoms with Crippen molar-refractivity contribution in [1.82, 2.24) is 4.90 Å². The van der Waals surface area contributed by atoms with Crippen molar-refractivity contribution >= 4 is 0 Å². The zero-order valence-electron chi connectivity index (χ0n) is 13.1. The Bertz CT molecular complexity index is 645. The predicted octanol–water partition coefficient (Wildman–Crippen LogP) is 1.54. The van der Waals surface area contributed by atoms with Crippen LogP contribution >= 0.6 is 0 Å².